The van der Waals surface area contributed by atoms with Crippen molar-refractivity contribution in [3.05, 3.63) is 87.8 Å². The number of fused-ring (bicyclic) bond motifs is 1. The Bertz CT molecular complexity index is 1260. The molecule has 7 nitrogen and oxygen atoms in total. The second-order valence-corrected chi connectivity index (χ2v) is 7.56. The molecule has 1 aliphatic rings. The molecular weight excluding hydrogens is 418 g/mol. The monoisotopic (exact) mass is 438 g/mol. The van der Waals surface area contributed by atoms with Crippen molar-refractivity contribution in [2.24, 2.45) is 0 Å². The molecule has 1 atom stereocenters. The fourth-order valence-corrected chi connectivity index (χ4v) is 3.73. The Morgan fingerprint density at radius 2 is 1.88 bits per heavy atom. The van der Waals surface area contributed by atoms with Gasteiger partial charge in [0.2, 0.25) is 5.91 Å². The van der Waals surface area contributed by atoms with E-state index >= 15 is 0 Å². The van der Waals surface area contributed by atoms with Gasteiger partial charge in [0, 0.05) is 36.0 Å². The molecule has 0 unspecified atom stereocenters. The minimum atomic E-state index is -1.08. The number of amides is 2. The molecule has 0 bridgehead atoms. The third-order valence-electron chi connectivity index (χ3n) is 5.27. The van der Waals surface area contributed by atoms with Gasteiger partial charge >= 0.3 is 0 Å². The average molecular weight is 438 g/mol. The van der Waals surface area contributed by atoms with Gasteiger partial charge < -0.3 is 10.2 Å². The van der Waals surface area contributed by atoms with E-state index in [9.17, 15) is 23.2 Å². The first-order valence-corrected chi connectivity index (χ1v) is 10.1. The maximum absolute atomic E-state index is 13.3. The highest BCUT2D eigenvalue weighted by Gasteiger charge is 2.32. The van der Waals surface area contributed by atoms with Crippen LogP contribution in [-0.2, 0) is 17.8 Å². The molecule has 164 valence electrons. The number of anilines is 2. The van der Waals surface area contributed by atoms with Gasteiger partial charge in [-0.2, -0.15) is 5.10 Å². The van der Waals surface area contributed by atoms with Crippen LogP contribution in [0.15, 0.2) is 59.4 Å². The van der Waals surface area contributed by atoms with Gasteiger partial charge in [-0.3, -0.25) is 14.4 Å². The van der Waals surface area contributed by atoms with Gasteiger partial charge in [-0.1, -0.05) is 18.2 Å². The van der Waals surface area contributed by atoms with Gasteiger partial charge in [0.15, 0.2) is 11.6 Å². The molecule has 0 radical (unpaired) electrons. The van der Waals surface area contributed by atoms with Crippen LogP contribution < -0.4 is 15.8 Å². The van der Waals surface area contributed by atoms with Gasteiger partial charge in [-0.15, -0.1) is 0 Å². The van der Waals surface area contributed by atoms with E-state index in [1.807, 2.05) is 31.2 Å². The topological polar surface area (TPSA) is 84.3 Å². The SMILES string of the molecule is C[C@@H]1Cc2ccccc2N1C(=O)c1ccc(=O)n(CCC(=O)Nc2ccc(F)c(F)c2)n1. The lowest BCUT2D eigenvalue weighted by Crippen LogP contribution is -2.37. The van der Waals surface area contributed by atoms with Crippen LogP contribution in [0.3, 0.4) is 0 Å². The molecule has 3 aromatic rings. The Hall–Kier alpha value is -3.88. The summed E-state index contributed by atoms with van der Waals surface area (Å²) in [5, 5.41) is 6.59. The average Bonchev–Trinajstić information content (AvgIpc) is 3.11. The highest BCUT2D eigenvalue weighted by atomic mass is 19.2. The van der Waals surface area contributed by atoms with Crippen molar-refractivity contribution in [1.29, 1.82) is 0 Å². The number of benzene rings is 2. The standard InChI is InChI=1S/C23H20F2N4O3/c1-14-12-15-4-2-3-5-20(15)29(14)23(32)19-8-9-22(31)28(27-19)11-10-21(30)26-16-6-7-17(24)18(25)13-16/h2-9,13-14H,10-12H2,1H3,(H,26,30)/t14-/m1/s1. The first kappa shape index (κ1) is 21.4. The number of rotatable bonds is 5. The molecule has 2 heterocycles. The Morgan fingerprint density at radius 1 is 1.09 bits per heavy atom. The molecule has 32 heavy (non-hydrogen) atoms. The van der Waals surface area contributed by atoms with Crippen molar-refractivity contribution >= 4 is 23.2 Å². The fraction of sp³-hybridized carbons (Fsp3) is 0.217. The number of hydrogen-bond acceptors (Lipinski definition) is 4. The van der Waals surface area contributed by atoms with Crippen LogP contribution in [0.1, 0.15) is 29.4 Å². The summed E-state index contributed by atoms with van der Waals surface area (Å²) in [5.41, 5.74) is 1.61. The zero-order chi connectivity index (χ0) is 22.8. The van der Waals surface area contributed by atoms with E-state index in [2.05, 4.69) is 10.4 Å². The lowest BCUT2D eigenvalue weighted by atomic mass is 10.1. The van der Waals surface area contributed by atoms with Crippen LogP contribution in [0.4, 0.5) is 20.2 Å². The van der Waals surface area contributed by atoms with Crippen LogP contribution in [-0.4, -0.2) is 27.6 Å². The molecule has 9 heteroatoms. The molecule has 1 aromatic heterocycles. The van der Waals surface area contributed by atoms with E-state index in [0.717, 1.165) is 34.5 Å². The summed E-state index contributed by atoms with van der Waals surface area (Å²) in [7, 11) is 0. The summed E-state index contributed by atoms with van der Waals surface area (Å²) >= 11 is 0. The number of carbonyl (C=O) groups excluding carboxylic acids is 2. The van der Waals surface area contributed by atoms with Gasteiger partial charge in [0.25, 0.3) is 11.5 Å². The predicted octanol–water partition coefficient (Wildman–Crippen LogP) is 3.14. The van der Waals surface area contributed by atoms with Crippen LogP contribution in [0.5, 0.6) is 0 Å². The van der Waals surface area contributed by atoms with Crippen molar-refractivity contribution in [3.63, 3.8) is 0 Å². The summed E-state index contributed by atoms with van der Waals surface area (Å²) in [6.45, 7) is 1.86. The Morgan fingerprint density at radius 3 is 2.66 bits per heavy atom. The highest BCUT2D eigenvalue weighted by Crippen LogP contribution is 2.32. The molecular formula is C23H20F2N4O3. The number of aromatic nitrogens is 2. The molecule has 0 spiro atoms. The van der Waals surface area contributed by atoms with Crippen LogP contribution in [0, 0.1) is 11.6 Å². The number of halogens is 2. The second-order valence-electron chi connectivity index (χ2n) is 7.56. The zero-order valence-corrected chi connectivity index (χ0v) is 17.2. The Labute approximate surface area is 182 Å². The fourth-order valence-electron chi connectivity index (χ4n) is 3.73. The minimum Gasteiger partial charge on any atom is -0.326 e. The zero-order valence-electron chi connectivity index (χ0n) is 17.2. The van der Waals surface area contributed by atoms with E-state index < -0.39 is 23.1 Å². The van der Waals surface area contributed by atoms with Crippen molar-refractivity contribution in [2.45, 2.75) is 32.4 Å². The number of para-hydroxylation sites is 1. The van der Waals surface area contributed by atoms with E-state index in [0.29, 0.717) is 0 Å². The Kier molecular flexibility index (Phi) is 5.81. The summed E-state index contributed by atoms with van der Waals surface area (Å²) in [5.74, 6) is -2.94. The summed E-state index contributed by atoms with van der Waals surface area (Å²) in [6, 6.07) is 13.2. The second kappa shape index (κ2) is 8.70. The number of nitrogens with one attached hydrogen (secondary N) is 1. The van der Waals surface area contributed by atoms with E-state index in [1.54, 1.807) is 4.90 Å². The third kappa shape index (κ3) is 4.27. The Balaban J connectivity index is 1.47. The first-order chi connectivity index (χ1) is 15.3. The summed E-state index contributed by atoms with van der Waals surface area (Å²) in [6.07, 6.45) is 0.582. The lowest BCUT2D eigenvalue weighted by molar-refractivity contribution is -0.116. The van der Waals surface area contributed by atoms with Crippen LogP contribution in [0.25, 0.3) is 0 Å². The molecule has 0 fully saturated rings. The smallest absolute Gasteiger partial charge is 0.278 e. The third-order valence-corrected chi connectivity index (χ3v) is 5.27. The molecule has 2 amide bonds. The van der Waals surface area contributed by atoms with Gasteiger partial charge in [-0.05, 0) is 43.2 Å². The van der Waals surface area contributed by atoms with Crippen LogP contribution in [0.2, 0.25) is 0 Å². The number of nitrogens with zero attached hydrogens (tertiary/aromatic N) is 3. The minimum absolute atomic E-state index is 0.0519. The quantitative estimate of drug-likeness (QED) is 0.663. The van der Waals surface area contributed by atoms with E-state index in [1.165, 1.54) is 18.2 Å². The normalized spacial score (nSPS) is 14.8. The van der Waals surface area contributed by atoms with Gasteiger partial charge in [0.1, 0.15) is 5.69 Å². The molecule has 1 N–H and O–H groups in total. The highest BCUT2D eigenvalue weighted by molar-refractivity contribution is 6.06. The molecule has 1 aliphatic heterocycles. The maximum atomic E-state index is 13.3. The molecule has 2 aromatic carbocycles. The van der Waals surface area contributed by atoms with Crippen molar-refractivity contribution in [3.8, 4) is 0 Å². The first-order valence-electron chi connectivity index (χ1n) is 10.1. The molecule has 0 aliphatic carbocycles. The predicted molar refractivity (Wildman–Crippen MR) is 115 cm³/mol. The van der Waals surface area contributed by atoms with Crippen molar-refractivity contribution in [1.82, 2.24) is 9.78 Å². The maximum Gasteiger partial charge on any atom is 0.278 e. The molecule has 4 rings (SSSR count). The number of aryl methyl sites for hydroxylation is 1. The van der Waals surface area contributed by atoms with Crippen LogP contribution >= 0.6 is 0 Å². The number of carbonyl (C=O) groups is 2. The van der Waals surface area contributed by atoms with E-state index in [-0.39, 0.29) is 36.3 Å². The van der Waals surface area contributed by atoms with E-state index in [4.69, 9.17) is 0 Å². The lowest BCUT2D eigenvalue weighted by Gasteiger charge is -2.22. The summed E-state index contributed by atoms with van der Waals surface area (Å²) < 4.78 is 27.3. The largest absolute Gasteiger partial charge is 0.326 e. The molecule has 0 saturated heterocycles. The van der Waals surface area contributed by atoms with Gasteiger partial charge in [-0.25, -0.2) is 13.5 Å². The van der Waals surface area contributed by atoms with Crippen molar-refractivity contribution in [2.75, 3.05) is 10.2 Å². The molecule has 0 saturated carbocycles. The van der Waals surface area contributed by atoms with Gasteiger partial charge in [0.05, 0.1) is 6.54 Å². The summed E-state index contributed by atoms with van der Waals surface area (Å²) in [4.78, 5) is 39.1. The number of hydrogen-bond donors (Lipinski definition) is 1. The van der Waals surface area contributed by atoms with Crippen molar-refractivity contribution < 1.29 is 18.4 Å².